The molecule has 19 nitrogen and oxygen atoms in total. The van der Waals surface area contributed by atoms with Gasteiger partial charge in [0.15, 0.2) is 0 Å². The quantitative estimate of drug-likeness (QED) is 0.0582. The summed E-state index contributed by atoms with van der Waals surface area (Å²) in [7, 11) is 3.08. The third-order valence-electron chi connectivity index (χ3n) is 10.8. The Morgan fingerprint density at radius 1 is 0.446 bits per heavy atom. The van der Waals surface area contributed by atoms with E-state index in [1.54, 1.807) is 31.3 Å². The van der Waals surface area contributed by atoms with Gasteiger partial charge in [0.1, 0.15) is 34.2 Å². The second-order valence-corrected chi connectivity index (χ2v) is 16.0. The number of rotatable bonds is 10. The number of amides is 8. The van der Waals surface area contributed by atoms with E-state index in [-0.39, 0.29) is 62.8 Å². The molecule has 0 saturated heterocycles. The zero-order valence-electron chi connectivity index (χ0n) is 38.6. The van der Waals surface area contributed by atoms with Crippen LogP contribution in [-0.2, 0) is 26.4 Å². The van der Waals surface area contributed by atoms with Crippen molar-refractivity contribution in [2.75, 3.05) is 43.4 Å². The highest BCUT2D eigenvalue weighted by Gasteiger charge is 2.32. The third-order valence-corrected chi connectivity index (χ3v) is 10.8. The number of benzene rings is 6. The fraction of sp³-hybridized carbons (Fsp3) is 0.0816. The number of halogens is 6. The van der Waals surface area contributed by atoms with Crippen LogP contribution in [0.15, 0.2) is 133 Å². The zero-order chi connectivity index (χ0) is 53.6. The number of carbonyl (C=O) groups is 5. The number of alkyl halides is 6. The second-order valence-electron chi connectivity index (χ2n) is 16.0. The van der Waals surface area contributed by atoms with Crippen LogP contribution in [0.4, 0.5) is 86.5 Å². The van der Waals surface area contributed by atoms with Crippen molar-refractivity contribution in [2.45, 2.75) is 12.4 Å². The topological polar surface area (TPSA) is 297 Å². The van der Waals surface area contributed by atoms with Crippen LogP contribution in [0, 0.1) is 0 Å². The molecule has 0 radical (unpaired) electrons. The molecule has 380 valence electrons. The molecule has 25 heteroatoms. The standard InChI is InChI=1S/C27H22F6N8O3.C22H20N6O2/c1-41-22(34)20(23(35)42)21(40-41)13-8-9-18(38-24(43)36-16-6-2-4-14(11-16)26(28,29)30)19(10-13)39-25(44)37-17-7-3-5-15(12-17)27(31,32)33;1-28-20(23)18(21(24)29)19(27-28)14-7-9-16(10-8-14)25-22(30)26-17-11-6-13-4-2-3-5-15(13)12-17/h2-12H,34H2,1H3,(H2,35,42)(H2,36,38,43)(H2,37,39,44);2-12H,23H2,1H3,(H2,24,29)(H2,25,26,30). The molecule has 0 atom stereocenters. The van der Waals surface area contributed by atoms with Gasteiger partial charge in [-0.1, -0.05) is 60.7 Å². The van der Waals surface area contributed by atoms with Crippen LogP contribution in [0.25, 0.3) is 33.3 Å². The summed E-state index contributed by atoms with van der Waals surface area (Å²) in [5, 5.41) is 25.4. The molecule has 0 unspecified atom stereocenters. The SMILES string of the molecule is Cn1nc(-c2ccc(NC(=O)Nc3ccc4ccccc4c3)cc2)c(C(N)=O)c1N.Cn1nc(-c2ccc(NC(=O)Nc3cccc(C(F)(F)F)c3)c(NC(=O)Nc3cccc(C(F)(F)F)c3)c2)c(C(N)=O)c1N. The van der Waals surface area contributed by atoms with Gasteiger partial charge < -0.3 is 54.8 Å². The van der Waals surface area contributed by atoms with Crippen molar-refractivity contribution in [3.63, 3.8) is 0 Å². The van der Waals surface area contributed by atoms with Crippen molar-refractivity contribution in [3.05, 3.63) is 156 Å². The minimum atomic E-state index is -4.67. The highest BCUT2D eigenvalue weighted by Crippen LogP contribution is 2.35. The van der Waals surface area contributed by atoms with E-state index in [0.717, 1.165) is 35.0 Å². The van der Waals surface area contributed by atoms with Crippen LogP contribution < -0.4 is 54.8 Å². The van der Waals surface area contributed by atoms with Gasteiger partial charge in [0.05, 0.1) is 22.5 Å². The normalized spacial score (nSPS) is 11.2. The monoisotopic (exact) mass is 1020 g/mol. The number of primary amides is 2. The number of nitrogens with zero attached hydrogens (tertiary/aromatic N) is 4. The molecule has 0 fully saturated rings. The zero-order valence-corrected chi connectivity index (χ0v) is 38.6. The first-order valence-corrected chi connectivity index (χ1v) is 21.5. The number of hydrogen-bond donors (Lipinski definition) is 10. The van der Waals surface area contributed by atoms with Crippen molar-refractivity contribution < 1.29 is 50.3 Å². The van der Waals surface area contributed by atoms with E-state index in [0.29, 0.717) is 34.8 Å². The first-order chi connectivity index (χ1) is 34.9. The molecule has 2 aromatic heterocycles. The summed E-state index contributed by atoms with van der Waals surface area (Å²) in [5.41, 5.74) is 22.6. The number of aromatic nitrogens is 4. The molecule has 0 aliphatic heterocycles. The van der Waals surface area contributed by atoms with E-state index in [1.807, 2.05) is 42.5 Å². The molecule has 0 bridgehead atoms. The molecule has 0 aliphatic carbocycles. The summed E-state index contributed by atoms with van der Waals surface area (Å²) in [5.74, 6) is -1.42. The van der Waals surface area contributed by atoms with Crippen molar-refractivity contribution in [1.29, 1.82) is 0 Å². The average Bonchev–Trinajstić information content (AvgIpc) is 3.82. The van der Waals surface area contributed by atoms with Gasteiger partial charge >= 0.3 is 30.4 Å². The molecule has 0 spiro atoms. The number of nitrogen functional groups attached to an aromatic ring is 2. The van der Waals surface area contributed by atoms with Crippen molar-refractivity contribution in [2.24, 2.45) is 25.6 Å². The number of carbonyl (C=O) groups excluding carboxylic acids is 5. The van der Waals surface area contributed by atoms with Crippen molar-refractivity contribution >= 4 is 86.4 Å². The number of anilines is 8. The summed E-state index contributed by atoms with van der Waals surface area (Å²) < 4.78 is 81.1. The summed E-state index contributed by atoms with van der Waals surface area (Å²) in [6, 6.07) is 29.7. The third kappa shape index (κ3) is 12.3. The molecular formula is C49H42F6N14O5. The lowest BCUT2D eigenvalue weighted by atomic mass is 10.1. The minimum absolute atomic E-state index is 0.0128. The lowest BCUT2D eigenvalue weighted by molar-refractivity contribution is -0.138. The first kappa shape index (κ1) is 51.8. The predicted molar refractivity (Wildman–Crippen MR) is 268 cm³/mol. The molecule has 6 aromatic carbocycles. The van der Waals surface area contributed by atoms with Crippen LogP contribution in [0.1, 0.15) is 31.8 Å². The molecule has 8 rings (SSSR count). The van der Waals surface area contributed by atoms with Gasteiger partial charge in [-0.05, 0) is 83.6 Å². The average molecular weight is 1020 g/mol. The summed E-state index contributed by atoms with van der Waals surface area (Å²) in [4.78, 5) is 61.7. The van der Waals surface area contributed by atoms with Crippen LogP contribution >= 0.6 is 0 Å². The molecular weight excluding hydrogens is 979 g/mol. The minimum Gasteiger partial charge on any atom is -0.383 e. The first-order valence-electron chi connectivity index (χ1n) is 21.5. The number of urea groups is 3. The Hall–Kier alpha value is -10.1. The Morgan fingerprint density at radius 3 is 1.36 bits per heavy atom. The van der Waals surface area contributed by atoms with Gasteiger partial charge in [-0.25, -0.2) is 14.4 Å². The maximum Gasteiger partial charge on any atom is 0.416 e. The number of nitrogens with one attached hydrogen (secondary N) is 6. The molecule has 14 N–H and O–H groups in total. The summed E-state index contributed by atoms with van der Waals surface area (Å²) in [6.45, 7) is 0. The lowest BCUT2D eigenvalue weighted by Crippen LogP contribution is -2.23. The van der Waals surface area contributed by atoms with Gasteiger partial charge in [-0.3, -0.25) is 19.0 Å². The fourth-order valence-electron chi connectivity index (χ4n) is 7.26. The molecule has 8 amide bonds. The van der Waals surface area contributed by atoms with Crippen LogP contribution in [-0.4, -0.2) is 49.5 Å². The second kappa shape index (κ2) is 21.1. The highest BCUT2D eigenvalue weighted by atomic mass is 19.4. The predicted octanol–water partition coefficient (Wildman–Crippen LogP) is 9.66. The Morgan fingerprint density at radius 2 is 0.865 bits per heavy atom. The van der Waals surface area contributed by atoms with Gasteiger partial charge in [0, 0.05) is 48.0 Å². The number of nitrogens with two attached hydrogens (primary N) is 4. The molecule has 74 heavy (non-hydrogen) atoms. The Labute approximate surface area is 414 Å². The van der Waals surface area contributed by atoms with E-state index in [9.17, 15) is 50.3 Å². The van der Waals surface area contributed by atoms with E-state index in [4.69, 9.17) is 22.9 Å². The summed E-state index contributed by atoms with van der Waals surface area (Å²) in [6.07, 6.45) is -9.33. The van der Waals surface area contributed by atoms with Gasteiger partial charge in [0.25, 0.3) is 11.8 Å². The fourth-order valence-corrected chi connectivity index (χ4v) is 7.26. The lowest BCUT2D eigenvalue weighted by Gasteiger charge is -2.16. The molecule has 2 heterocycles. The van der Waals surface area contributed by atoms with Crippen LogP contribution in [0.5, 0.6) is 0 Å². The maximum atomic E-state index is 13.1. The van der Waals surface area contributed by atoms with Gasteiger partial charge in [-0.2, -0.15) is 36.5 Å². The highest BCUT2D eigenvalue weighted by molar-refractivity contribution is 6.08. The largest absolute Gasteiger partial charge is 0.416 e. The molecule has 0 saturated carbocycles. The van der Waals surface area contributed by atoms with Gasteiger partial charge in [0.2, 0.25) is 0 Å². The van der Waals surface area contributed by atoms with E-state index in [2.05, 4.69) is 42.1 Å². The van der Waals surface area contributed by atoms with Gasteiger partial charge in [-0.15, -0.1) is 0 Å². The maximum absolute atomic E-state index is 13.1. The van der Waals surface area contributed by atoms with Crippen molar-refractivity contribution in [3.8, 4) is 22.5 Å². The van der Waals surface area contributed by atoms with Crippen LogP contribution in [0.2, 0.25) is 0 Å². The van der Waals surface area contributed by atoms with Crippen LogP contribution in [0.3, 0.4) is 0 Å². The molecule has 0 aliphatic rings. The summed E-state index contributed by atoms with van der Waals surface area (Å²) >= 11 is 0. The Balaban J connectivity index is 0.000000232. The van der Waals surface area contributed by atoms with E-state index in [1.165, 1.54) is 46.7 Å². The number of fused-ring (bicyclic) bond motifs is 1. The van der Waals surface area contributed by atoms with E-state index < -0.39 is 47.4 Å². The Kier molecular flexibility index (Phi) is 14.8. The number of hydrogen-bond acceptors (Lipinski definition) is 9. The Bertz CT molecular complexity index is 3460. The van der Waals surface area contributed by atoms with E-state index >= 15 is 0 Å². The number of aryl methyl sites for hydroxylation is 2. The molecule has 8 aromatic rings. The van der Waals surface area contributed by atoms with Crippen molar-refractivity contribution in [1.82, 2.24) is 19.6 Å². The smallest absolute Gasteiger partial charge is 0.383 e.